The van der Waals surface area contributed by atoms with Crippen molar-refractivity contribution in [2.24, 2.45) is 4.99 Å². The maximum absolute atomic E-state index is 12.7. The molecule has 6 nitrogen and oxygen atoms in total. The normalized spacial score (nSPS) is 19.6. The van der Waals surface area contributed by atoms with E-state index in [9.17, 15) is 8.78 Å². The van der Waals surface area contributed by atoms with Crippen molar-refractivity contribution in [3.63, 3.8) is 0 Å². The molecule has 3 rings (SSSR count). The van der Waals surface area contributed by atoms with Crippen molar-refractivity contribution in [3.8, 4) is 11.5 Å². The number of hydrogen-bond donors (Lipinski definition) is 2. The quantitative estimate of drug-likeness (QED) is 0.474. The fourth-order valence-electron chi connectivity index (χ4n) is 4.00. The van der Waals surface area contributed by atoms with Gasteiger partial charge in [0, 0.05) is 38.8 Å². The highest BCUT2D eigenvalue weighted by Gasteiger charge is 2.26. The fraction of sp³-hybridized carbons (Fsp3) is 0.458. The number of alkyl halides is 2. The van der Waals surface area contributed by atoms with Crippen molar-refractivity contribution < 1.29 is 18.3 Å². The Morgan fingerprint density at radius 2 is 1.94 bits per heavy atom. The number of guanidine groups is 1. The molecule has 32 heavy (non-hydrogen) atoms. The smallest absolute Gasteiger partial charge is 0.387 e. The summed E-state index contributed by atoms with van der Waals surface area (Å²) in [6, 6.07) is 16.3. The molecule has 2 N–H and O–H groups in total. The van der Waals surface area contributed by atoms with Gasteiger partial charge in [-0.3, -0.25) is 9.89 Å². The Balaban J connectivity index is 1.51. The highest BCUT2D eigenvalue weighted by atomic mass is 19.3. The number of aliphatic imine (C=N–C) groups is 1. The minimum atomic E-state index is -2.91. The summed E-state index contributed by atoms with van der Waals surface area (Å²) in [7, 11) is 3.14. The minimum Gasteiger partial charge on any atom is -0.493 e. The van der Waals surface area contributed by atoms with Crippen LogP contribution in [0.1, 0.15) is 30.9 Å². The third-order valence-corrected chi connectivity index (χ3v) is 5.71. The first-order chi connectivity index (χ1) is 15.5. The molecule has 8 heteroatoms. The predicted molar refractivity (Wildman–Crippen MR) is 122 cm³/mol. The summed E-state index contributed by atoms with van der Waals surface area (Å²) in [6.45, 7) is 1.75. The van der Waals surface area contributed by atoms with Crippen LogP contribution in [0.25, 0.3) is 0 Å². The summed E-state index contributed by atoms with van der Waals surface area (Å²) >= 11 is 0. The van der Waals surface area contributed by atoms with Crippen LogP contribution in [-0.4, -0.2) is 50.3 Å². The second kappa shape index (κ2) is 11.7. The summed E-state index contributed by atoms with van der Waals surface area (Å²) in [4.78, 5) is 6.82. The largest absolute Gasteiger partial charge is 0.493 e. The van der Waals surface area contributed by atoms with Crippen LogP contribution in [0.15, 0.2) is 53.5 Å². The van der Waals surface area contributed by atoms with Crippen LogP contribution < -0.4 is 20.1 Å². The van der Waals surface area contributed by atoms with Gasteiger partial charge in [0.1, 0.15) is 0 Å². The average Bonchev–Trinajstić information content (AvgIpc) is 2.79. The number of ether oxygens (including phenoxy) is 2. The highest BCUT2D eigenvalue weighted by molar-refractivity contribution is 5.80. The number of halogens is 2. The maximum Gasteiger partial charge on any atom is 0.387 e. The molecule has 1 fully saturated rings. The molecule has 1 aliphatic rings. The third-order valence-electron chi connectivity index (χ3n) is 5.71. The lowest BCUT2D eigenvalue weighted by Gasteiger charge is -2.38. The molecule has 1 heterocycles. The van der Waals surface area contributed by atoms with Gasteiger partial charge in [-0.2, -0.15) is 8.78 Å². The number of likely N-dealkylation sites (tertiary alicyclic amines) is 1. The molecular weight excluding hydrogens is 414 g/mol. The Labute approximate surface area is 188 Å². The van der Waals surface area contributed by atoms with Crippen LogP contribution in [0.5, 0.6) is 11.5 Å². The van der Waals surface area contributed by atoms with E-state index in [2.05, 4.69) is 56.5 Å². The molecule has 0 aliphatic carbocycles. The molecule has 2 unspecified atom stereocenters. The SMILES string of the molecule is CN=C(NCc1ccc(OC)c(OC(F)F)c1)NC1CCN(Cc2ccccc2)C(C)C1. The van der Waals surface area contributed by atoms with Gasteiger partial charge in [0.15, 0.2) is 17.5 Å². The Bertz CT molecular complexity index is 880. The first kappa shape index (κ1) is 23.8. The summed E-state index contributed by atoms with van der Waals surface area (Å²) in [5.74, 6) is 0.975. The van der Waals surface area contributed by atoms with Gasteiger partial charge >= 0.3 is 6.61 Å². The lowest BCUT2D eigenvalue weighted by molar-refractivity contribution is -0.0512. The second-order valence-electron chi connectivity index (χ2n) is 7.96. The van der Waals surface area contributed by atoms with E-state index in [0.717, 1.165) is 31.5 Å². The molecule has 1 aliphatic heterocycles. The van der Waals surface area contributed by atoms with Crippen LogP contribution in [-0.2, 0) is 13.1 Å². The zero-order valence-electron chi connectivity index (χ0n) is 18.9. The predicted octanol–water partition coefficient (Wildman–Crippen LogP) is 4.01. The van der Waals surface area contributed by atoms with Gasteiger partial charge < -0.3 is 20.1 Å². The number of hydrogen-bond acceptors (Lipinski definition) is 4. The van der Waals surface area contributed by atoms with Crippen molar-refractivity contribution in [3.05, 3.63) is 59.7 Å². The lowest BCUT2D eigenvalue weighted by atomic mass is 9.97. The van der Waals surface area contributed by atoms with Gasteiger partial charge in [-0.25, -0.2) is 0 Å². The fourth-order valence-corrected chi connectivity index (χ4v) is 4.00. The molecule has 0 bridgehead atoms. The van der Waals surface area contributed by atoms with E-state index in [-0.39, 0.29) is 11.5 Å². The molecule has 0 saturated carbocycles. The van der Waals surface area contributed by atoms with Crippen LogP contribution in [0.2, 0.25) is 0 Å². The molecule has 2 aromatic carbocycles. The Morgan fingerprint density at radius 3 is 2.59 bits per heavy atom. The molecule has 0 aromatic heterocycles. The van der Waals surface area contributed by atoms with E-state index in [1.165, 1.54) is 12.7 Å². The molecule has 1 saturated heterocycles. The van der Waals surface area contributed by atoms with Gasteiger partial charge in [-0.05, 0) is 43.0 Å². The van der Waals surface area contributed by atoms with Gasteiger partial charge in [0.25, 0.3) is 0 Å². The monoisotopic (exact) mass is 446 g/mol. The standard InChI is InChI=1S/C24H32F2N4O2/c1-17-13-20(11-12-30(17)16-18-7-5-4-6-8-18)29-24(27-2)28-15-19-9-10-21(31-3)22(14-19)32-23(25)26/h4-10,14,17,20,23H,11-13,15-16H2,1-3H3,(H2,27,28,29). The zero-order valence-corrected chi connectivity index (χ0v) is 18.9. The van der Waals surface area contributed by atoms with Gasteiger partial charge in [0.05, 0.1) is 7.11 Å². The van der Waals surface area contributed by atoms with Crippen molar-refractivity contribution in [1.82, 2.24) is 15.5 Å². The summed E-state index contributed by atoms with van der Waals surface area (Å²) in [5, 5.41) is 6.75. The maximum atomic E-state index is 12.7. The Hall–Kier alpha value is -2.87. The van der Waals surface area contributed by atoms with Gasteiger partial charge in [-0.1, -0.05) is 36.4 Å². The number of methoxy groups -OCH3 is 1. The van der Waals surface area contributed by atoms with E-state index in [1.807, 2.05) is 12.1 Å². The highest BCUT2D eigenvalue weighted by Crippen LogP contribution is 2.29. The van der Waals surface area contributed by atoms with E-state index in [1.54, 1.807) is 19.2 Å². The summed E-state index contributed by atoms with van der Waals surface area (Å²) in [6.07, 6.45) is 2.04. The van der Waals surface area contributed by atoms with E-state index in [0.29, 0.717) is 24.6 Å². The number of nitrogens with zero attached hydrogens (tertiary/aromatic N) is 2. The number of rotatable bonds is 8. The first-order valence-electron chi connectivity index (χ1n) is 10.9. The van der Waals surface area contributed by atoms with Crippen molar-refractivity contribution in [2.75, 3.05) is 20.7 Å². The van der Waals surface area contributed by atoms with Gasteiger partial charge in [0.2, 0.25) is 0 Å². The molecule has 0 spiro atoms. The van der Waals surface area contributed by atoms with Crippen LogP contribution in [0, 0.1) is 0 Å². The van der Waals surface area contributed by atoms with Crippen molar-refractivity contribution in [1.29, 1.82) is 0 Å². The molecule has 0 radical (unpaired) electrons. The summed E-state index contributed by atoms with van der Waals surface area (Å²) < 4.78 is 35.0. The van der Waals surface area contributed by atoms with Crippen molar-refractivity contribution in [2.45, 2.75) is 51.6 Å². The van der Waals surface area contributed by atoms with Crippen molar-refractivity contribution >= 4 is 5.96 Å². The molecule has 2 aromatic rings. The molecule has 174 valence electrons. The Morgan fingerprint density at radius 1 is 1.16 bits per heavy atom. The molecule has 2 atom stereocenters. The van der Waals surface area contributed by atoms with Crippen LogP contribution in [0.3, 0.4) is 0 Å². The van der Waals surface area contributed by atoms with Crippen LogP contribution >= 0.6 is 0 Å². The molecular formula is C24H32F2N4O2. The second-order valence-corrected chi connectivity index (χ2v) is 7.96. The van der Waals surface area contributed by atoms with E-state index in [4.69, 9.17) is 4.74 Å². The summed E-state index contributed by atoms with van der Waals surface area (Å²) in [5.41, 5.74) is 2.12. The minimum absolute atomic E-state index is 0.0179. The first-order valence-corrected chi connectivity index (χ1v) is 10.9. The zero-order chi connectivity index (χ0) is 22.9. The number of piperidine rings is 1. The average molecular weight is 447 g/mol. The number of nitrogens with one attached hydrogen (secondary N) is 2. The van der Waals surface area contributed by atoms with E-state index < -0.39 is 6.61 Å². The van der Waals surface area contributed by atoms with Gasteiger partial charge in [-0.15, -0.1) is 0 Å². The van der Waals surface area contributed by atoms with E-state index >= 15 is 0 Å². The number of benzene rings is 2. The Kier molecular flexibility index (Phi) is 8.67. The topological polar surface area (TPSA) is 58.1 Å². The molecule has 0 amide bonds. The van der Waals surface area contributed by atoms with Crippen LogP contribution in [0.4, 0.5) is 8.78 Å². The lowest BCUT2D eigenvalue weighted by Crippen LogP contribution is -2.51. The third kappa shape index (κ3) is 6.82.